The molecule has 34 heavy (non-hydrogen) atoms. The second kappa shape index (κ2) is 8.50. The number of hydrogen-bond acceptors (Lipinski definition) is 7. The van der Waals surface area contributed by atoms with Gasteiger partial charge in [0.25, 0.3) is 0 Å². The molecule has 0 aliphatic carbocycles. The summed E-state index contributed by atoms with van der Waals surface area (Å²) in [5.41, 5.74) is -1.83. The zero-order valence-corrected chi connectivity index (χ0v) is 17.5. The number of anilines is 2. The maximum absolute atomic E-state index is 13.9. The van der Waals surface area contributed by atoms with E-state index in [0.29, 0.717) is 22.8 Å². The molecule has 0 saturated heterocycles. The Morgan fingerprint density at radius 2 is 1.91 bits per heavy atom. The topological polar surface area (TPSA) is 115 Å². The van der Waals surface area contributed by atoms with Gasteiger partial charge in [0.05, 0.1) is 30.5 Å². The van der Waals surface area contributed by atoms with E-state index in [1.54, 1.807) is 18.2 Å². The fourth-order valence-corrected chi connectivity index (χ4v) is 3.35. The number of nitrogens with zero attached hydrogens (tertiary/aromatic N) is 3. The van der Waals surface area contributed by atoms with E-state index in [0.717, 1.165) is 12.1 Å². The number of rotatable bonds is 6. The molecule has 2 N–H and O–H groups in total. The molecule has 2 heterocycles. The van der Waals surface area contributed by atoms with Gasteiger partial charge in [0.15, 0.2) is 0 Å². The number of benzene rings is 2. The SMILES string of the molecule is COc1ccc2c(-c3nc(Nc4cc([N+](=O)[O-])c(F)cc4OC)ncc3C(F)(F)F)c[nH]c2c1. The maximum atomic E-state index is 13.9. The van der Waals surface area contributed by atoms with E-state index >= 15 is 0 Å². The van der Waals surface area contributed by atoms with Gasteiger partial charge in [0, 0.05) is 47.1 Å². The number of methoxy groups -OCH3 is 2. The van der Waals surface area contributed by atoms with Gasteiger partial charge in [-0.1, -0.05) is 0 Å². The van der Waals surface area contributed by atoms with E-state index in [9.17, 15) is 27.7 Å². The van der Waals surface area contributed by atoms with Gasteiger partial charge in [0.2, 0.25) is 11.8 Å². The number of halogens is 4. The van der Waals surface area contributed by atoms with Crippen LogP contribution in [0.5, 0.6) is 11.5 Å². The summed E-state index contributed by atoms with van der Waals surface area (Å²) in [6.07, 6.45) is -2.80. The van der Waals surface area contributed by atoms with Crippen molar-refractivity contribution in [1.82, 2.24) is 15.0 Å². The summed E-state index contributed by atoms with van der Waals surface area (Å²) in [5, 5.41) is 14.1. The highest BCUT2D eigenvalue weighted by molar-refractivity contribution is 5.96. The van der Waals surface area contributed by atoms with Gasteiger partial charge >= 0.3 is 11.9 Å². The minimum Gasteiger partial charge on any atom is -0.497 e. The first-order valence-corrected chi connectivity index (χ1v) is 9.51. The van der Waals surface area contributed by atoms with Gasteiger partial charge in [-0.25, -0.2) is 9.97 Å². The van der Waals surface area contributed by atoms with Crippen molar-refractivity contribution in [3.8, 4) is 22.8 Å². The number of nitro benzene ring substituents is 1. The fraction of sp³-hybridized carbons (Fsp3) is 0.143. The van der Waals surface area contributed by atoms with E-state index in [1.165, 1.54) is 20.4 Å². The Hall–Kier alpha value is -4.42. The molecule has 0 spiro atoms. The first-order valence-electron chi connectivity index (χ1n) is 9.51. The van der Waals surface area contributed by atoms with Crippen molar-refractivity contribution in [2.24, 2.45) is 0 Å². The van der Waals surface area contributed by atoms with Crippen LogP contribution >= 0.6 is 0 Å². The summed E-state index contributed by atoms with van der Waals surface area (Å²) < 4.78 is 65.3. The van der Waals surface area contributed by atoms with Crippen molar-refractivity contribution in [2.75, 3.05) is 19.5 Å². The third-order valence-electron chi connectivity index (χ3n) is 4.95. The summed E-state index contributed by atoms with van der Waals surface area (Å²) in [7, 11) is 2.66. The van der Waals surface area contributed by atoms with Crippen LogP contribution in [0.3, 0.4) is 0 Å². The molecule has 2 aromatic carbocycles. The molecule has 0 amide bonds. The zero-order valence-electron chi connectivity index (χ0n) is 17.5. The Bertz CT molecular complexity index is 1400. The van der Waals surface area contributed by atoms with Crippen molar-refractivity contribution in [2.45, 2.75) is 6.18 Å². The molecule has 13 heteroatoms. The number of aromatic amines is 1. The number of aromatic nitrogens is 3. The normalized spacial score (nSPS) is 11.5. The van der Waals surface area contributed by atoms with E-state index in [-0.39, 0.29) is 22.9 Å². The standard InChI is InChI=1S/C21H15F4N5O4/c1-33-10-3-4-11-12(8-26-15(11)5-10)19-13(21(23,24)25)9-27-20(29-19)28-16-7-17(30(31)32)14(22)6-18(16)34-2/h3-9,26H,1-2H3,(H,27,28,29). The highest BCUT2D eigenvalue weighted by atomic mass is 19.4. The van der Waals surface area contributed by atoms with Gasteiger partial charge in [-0.15, -0.1) is 0 Å². The molecule has 0 atom stereocenters. The first-order chi connectivity index (χ1) is 16.1. The molecule has 4 aromatic rings. The van der Waals surface area contributed by atoms with Gasteiger partial charge in [-0.2, -0.15) is 17.6 Å². The molecule has 2 aromatic heterocycles. The summed E-state index contributed by atoms with van der Waals surface area (Å²) in [5.74, 6) is -1.08. The number of H-pyrrole nitrogens is 1. The minimum atomic E-state index is -4.77. The lowest BCUT2D eigenvalue weighted by Crippen LogP contribution is -2.11. The van der Waals surface area contributed by atoms with E-state index < -0.39 is 33.9 Å². The van der Waals surface area contributed by atoms with Crippen molar-refractivity contribution in [3.05, 3.63) is 64.2 Å². The lowest BCUT2D eigenvalue weighted by Gasteiger charge is -2.14. The number of nitro groups is 1. The van der Waals surface area contributed by atoms with Crippen LogP contribution in [0, 0.1) is 15.9 Å². The van der Waals surface area contributed by atoms with E-state index in [4.69, 9.17) is 9.47 Å². The molecule has 0 unspecified atom stereocenters. The third-order valence-corrected chi connectivity index (χ3v) is 4.95. The number of hydrogen-bond donors (Lipinski definition) is 2. The Balaban J connectivity index is 1.85. The molecule has 0 saturated carbocycles. The van der Waals surface area contributed by atoms with Crippen LogP contribution in [0.2, 0.25) is 0 Å². The number of fused-ring (bicyclic) bond motifs is 1. The molecular weight excluding hydrogens is 462 g/mol. The highest BCUT2D eigenvalue weighted by Gasteiger charge is 2.36. The second-order valence-corrected chi connectivity index (χ2v) is 6.95. The lowest BCUT2D eigenvalue weighted by atomic mass is 10.1. The van der Waals surface area contributed by atoms with E-state index in [2.05, 4.69) is 20.3 Å². The average molecular weight is 477 g/mol. The van der Waals surface area contributed by atoms with Crippen LogP contribution in [0.25, 0.3) is 22.2 Å². The van der Waals surface area contributed by atoms with Crippen molar-refractivity contribution >= 4 is 28.2 Å². The van der Waals surface area contributed by atoms with Crippen LogP contribution in [-0.4, -0.2) is 34.1 Å². The Labute approximate surface area is 188 Å². The Kier molecular flexibility index (Phi) is 5.69. The molecule has 0 fully saturated rings. The smallest absolute Gasteiger partial charge is 0.419 e. The summed E-state index contributed by atoms with van der Waals surface area (Å²) in [6.45, 7) is 0. The number of nitrogens with one attached hydrogen (secondary N) is 2. The fourth-order valence-electron chi connectivity index (χ4n) is 3.35. The van der Waals surface area contributed by atoms with Gasteiger partial charge in [-0.05, 0) is 12.1 Å². The van der Waals surface area contributed by atoms with Crippen molar-refractivity contribution in [1.29, 1.82) is 0 Å². The van der Waals surface area contributed by atoms with Gasteiger partial charge in [-0.3, -0.25) is 10.1 Å². The molecule has 0 aliphatic heterocycles. The van der Waals surface area contributed by atoms with Crippen molar-refractivity contribution < 1.29 is 32.0 Å². The number of alkyl halides is 3. The maximum Gasteiger partial charge on any atom is 0.419 e. The third kappa shape index (κ3) is 4.14. The number of ether oxygens (including phenoxy) is 2. The molecular formula is C21H15F4N5O4. The predicted octanol–water partition coefficient (Wildman–Crippen LogP) is 5.45. The average Bonchev–Trinajstić information content (AvgIpc) is 3.22. The van der Waals surface area contributed by atoms with E-state index in [1.807, 2.05) is 0 Å². The predicted molar refractivity (Wildman–Crippen MR) is 114 cm³/mol. The molecule has 0 aliphatic rings. The largest absolute Gasteiger partial charge is 0.497 e. The van der Waals surface area contributed by atoms with Crippen LogP contribution < -0.4 is 14.8 Å². The minimum absolute atomic E-state index is 0.107. The van der Waals surface area contributed by atoms with Crippen LogP contribution in [-0.2, 0) is 6.18 Å². The second-order valence-electron chi connectivity index (χ2n) is 6.95. The van der Waals surface area contributed by atoms with Gasteiger partial charge < -0.3 is 19.8 Å². The van der Waals surface area contributed by atoms with Crippen molar-refractivity contribution in [3.63, 3.8) is 0 Å². The lowest BCUT2D eigenvalue weighted by molar-refractivity contribution is -0.387. The monoisotopic (exact) mass is 477 g/mol. The quantitative estimate of drug-likeness (QED) is 0.216. The van der Waals surface area contributed by atoms with Crippen LogP contribution in [0.4, 0.5) is 34.9 Å². The molecule has 0 bridgehead atoms. The first kappa shape index (κ1) is 22.8. The summed E-state index contributed by atoms with van der Waals surface area (Å²) in [4.78, 5) is 20.8. The summed E-state index contributed by atoms with van der Waals surface area (Å²) >= 11 is 0. The summed E-state index contributed by atoms with van der Waals surface area (Å²) in [6, 6.07) is 6.41. The Morgan fingerprint density at radius 3 is 2.56 bits per heavy atom. The zero-order chi connectivity index (χ0) is 24.6. The van der Waals surface area contributed by atoms with Gasteiger partial charge in [0.1, 0.15) is 17.1 Å². The van der Waals surface area contributed by atoms with Crippen LogP contribution in [0.15, 0.2) is 42.7 Å². The Morgan fingerprint density at radius 1 is 1.15 bits per heavy atom. The molecule has 0 radical (unpaired) electrons. The molecule has 4 rings (SSSR count). The highest BCUT2D eigenvalue weighted by Crippen LogP contribution is 2.40. The van der Waals surface area contributed by atoms with Crippen LogP contribution in [0.1, 0.15) is 5.56 Å². The molecule has 176 valence electrons. The molecule has 9 nitrogen and oxygen atoms in total.